The highest BCUT2D eigenvalue weighted by Gasteiger charge is 2.24. The molecule has 2 rings (SSSR count). The summed E-state index contributed by atoms with van der Waals surface area (Å²) in [6, 6.07) is 11.1. The number of piperazine rings is 1. The molecule has 1 aromatic carbocycles. The first-order valence-electron chi connectivity index (χ1n) is 10.1. The molecule has 1 aliphatic heterocycles. The van der Waals surface area contributed by atoms with Gasteiger partial charge in [-0.2, -0.15) is 0 Å². The molecule has 5 nitrogen and oxygen atoms in total. The summed E-state index contributed by atoms with van der Waals surface area (Å²) in [6.45, 7) is 14.0. The number of likely N-dealkylation sites (N-methyl/N-ethyl adjacent to an activating group) is 1. The number of aliphatic imine (C=N–C) groups is 1. The fourth-order valence-corrected chi connectivity index (χ4v) is 3.40. The van der Waals surface area contributed by atoms with Gasteiger partial charge < -0.3 is 15.5 Å². The van der Waals surface area contributed by atoms with Crippen molar-refractivity contribution in [3.05, 3.63) is 35.9 Å². The predicted octanol–water partition coefficient (Wildman–Crippen LogP) is 2.06. The van der Waals surface area contributed by atoms with Gasteiger partial charge in [-0.15, -0.1) is 0 Å². The lowest BCUT2D eigenvalue weighted by atomic mass is 10.0. The lowest BCUT2D eigenvalue weighted by molar-refractivity contribution is 0.0925. The molecule has 0 spiro atoms. The minimum Gasteiger partial charge on any atom is -0.357 e. The molecular weight excluding hydrogens is 322 g/mol. The van der Waals surface area contributed by atoms with Gasteiger partial charge in [0.2, 0.25) is 0 Å². The highest BCUT2D eigenvalue weighted by molar-refractivity contribution is 5.79. The van der Waals surface area contributed by atoms with Crippen LogP contribution in [0.2, 0.25) is 0 Å². The lowest BCUT2D eigenvalue weighted by Crippen LogP contribution is -2.52. The van der Waals surface area contributed by atoms with Crippen LogP contribution in [0.25, 0.3) is 0 Å². The Hall–Kier alpha value is -1.59. The van der Waals surface area contributed by atoms with Gasteiger partial charge >= 0.3 is 0 Å². The van der Waals surface area contributed by atoms with Crippen molar-refractivity contribution >= 4 is 5.96 Å². The average Bonchev–Trinajstić information content (AvgIpc) is 2.64. The van der Waals surface area contributed by atoms with Gasteiger partial charge in [-0.25, -0.2) is 0 Å². The number of rotatable bonds is 8. The Kier molecular flexibility index (Phi) is 8.92. The highest BCUT2D eigenvalue weighted by atomic mass is 15.3. The van der Waals surface area contributed by atoms with E-state index in [0.29, 0.717) is 12.0 Å². The van der Waals surface area contributed by atoms with E-state index in [1.807, 2.05) is 0 Å². The van der Waals surface area contributed by atoms with E-state index in [9.17, 15) is 0 Å². The quantitative estimate of drug-likeness (QED) is 0.551. The fraction of sp³-hybridized carbons (Fsp3) is 0.667. The topological polar surface area (TPSA) is 42.9 Å². The largest absolute Gasteiger partial charge is 0.357 e. The number of nitrogens with zero attached hydrogens (tertiary/aromatic N) is 3. The van der Waals surface area contributed by atoms with Gasteiger partial charge in [-0.1, -0.05) is 44.2 Å². The van der Waals surface area contributed by atoms with Gasteiger partial charge in [0.1, 0.15) is 0 Å². The van der Waals surface area contributed by atoms with E-state index in [2.05, 4.69) is 78.6 Å². The number of nitrogens with one attached hydrogen (secondary N) is 2. The molecular formula is C21H37N5. The Morgan fingerprint density at radius 1 is 1.08 bits per heavy atom. The molecule has 0 aromatic heterocycles. The highest BCUT2D eigenvalue weighted by Crippen LogP contribution is 2.14. The van der Waals surface area contributed by atoms with Crippen molar-refractivity contribution in [2.24, 2.45) is 10.9 Å². The van der Waals surface area contributed by atoms with Crippen LogP contribution in [-0.2, 0) is 6.42 Å². The summed E-state index contributed by atoms with van der Waals surface area (Å²) in [5.41, 5.74) is 1.35. The Labute approximate surface area is 159 Å². The van der Waals surface area contributed by atoms with Crippen molar-refractivity contribution < 1.29 is 0 Å². The minimum atomic E-state index is 0.508. The molecule has 1 aromatic rings. The standard InChI is InChI=1S/C21H37N5/c1-5-22-21(23-12-11-19-9-7-6-8-10-19)24-17-20(18(2)3)26-15-13-25(4)14-16-26/h6-10,18,20H,5,11-17H2,1-4H3,(H2,22,23,24). The van der Waals surface area contributed by atoms with Gasteiger partial charge in [-0.05, 0) is 31.9 Å². The molecule has 0 radical (unpaired) electrons. The maximum absolute atomic E-state index is 4.90. The number of benzene rings is 1. The van der Waals surface area contributed by atoms with Crippen molar-refractivity contribution in [2.45, 2.75) is 33.2 Å². The predicted molar refractivity (Wildman–Crippen MR) is 112 cm³/mol. The second-order valence-electron chi connectivity index (χ2n) is 7.53. The molecule has 26 heavy (non-hydrogen) atoms. The average molecular weight is 360 g/mol. The van der Waals surface area contributed by atoms with Crippen LogP contribution in [0.15, 0.2) is 35.3 Å². The van der Waals surface area contributed by atoms with E-state index in [1.54, 1.807) is 0 Å². The van der Waals surface area contributed by atoms with Crippen LogP contribution in [0.3, 0.4) is 0 Å². The smallest absolute Gasteiger partial charge is 0.191 e. The minimum absolute atomic E-state index is 0.508. The van der Waals surface area contributed by atoms with Crippen molar-refractivity contribution in [1.29, 1.82) is 0 Å². The SMILES string of the molecule is CCNC(=NCC(C(C)C)N1CCN(C)CC1)NCCc1ccccc1. The number of hydrogen-bond acceptors (Lipinski definition) is 3. The summed E-state index contributed by atoms with van der Waals surface area (Å²) in [5.74, 6) is 1.54. The van der Waals surface area contributed by atoms with E-state index < -0.39 is 0 Å². The monoisotopic (exact) mass is 359 g/mol. The fourth-order valence-electron chi connectivity index (χ4n) is 3.40. The summed E-state index contributed by atoms with van der Waals surface area (Å²) in [6.07, 6.45) is 1.01. The summed E-state index contributed by atoms with van der Waals surface area (Å²) in [5, 5.41) is 6.87. The van der Waals surface area contributed by atoms with Crippen LogP contribution >= 0.6 is 0 Å². The molecule has 0 amide bonds. The second kappa shape index (κ2) is 11.2. The van der Waals surface area contributed by atoms with Crippen LogP contribution < -0.4 is 10.6 Å². The Morgan fingerprint density at radius 2 is 1.77 bits per heavy atom. The van der Waals surface area contributed by atoms with Crippen LogP contribution in [0.1, 0.15) is 26.3 Å². The zero-order chi connectivity index (χ0) is 18.8. The third-order valence-electron chi connectivity index (χ3n) is 5.11. The van der Waals surface area contributed by atoms with Gasteiger partial charge in [0.25, 0.3) is 0 Å². The molecule has 0 bridgehead atoms. The Bertz CT molecular complexity index is 520. The Balaban J connectivity index is 1.88. The first-order chi connectivity index (χ1) is 12.6. The van der Waals surface area contributed by atoms with E-state index in [4.69, 9.17) is 4.99 Å². The third kappa shape index (κ3) is 6.96. The molecule has 1 atom stereocenters. The Morgan fingerprint density at radius 3 is 2.38 bits per heavy atom. The molecule has 0 aliphatic carbocycles. The third-order valence-corrected chi connectivity index (χ3v) is 5.11. The van der Waals surface area contributed by atoms with Crippen molar-refractivity contribution in [2.75, 3.05) is 52.9 Å². The molecule has 1 heterocycles. The maximum atomic E-state index is 4.90. The van der Waals surface area contributed by atoms with E-state index in [1.165, 1.54) is 5.56 Å². The molecule has 1 saturated heterocycles. The summed E-state index contributed by atoms with van der Waals surface area (Å²) < 4.78 is 0. The maximum Gasteiger partial charge on any atom is 0.191 e. The summed E-state index contributed by atoms with van der Waals surface area (Å²) in [4.78, 5) is 9.92. The summed E-state index contributed by atoms with van der Waals surface area (Å²) in [7, 11) is 2.21. The molecule has 1 unspecified atom stereocenters. The van der Waals surface area contributed by atoms with Gasteiger partial charge in [0.15, 0.2) is 5.96 Å². The molecule has 1 aliphatic rings. The molecule has 1 fully saturated rings. The van der Waals surface area contributed by atoms with Crippen LogP contribution in [0, 0.1) is 5.92 Å². The molecule has 0 saturated carbocycles. The first-order valence-corrected chi connectivity index (χ1v) is 10.1. The number of guanidine groups is 1. The summed E-state index contributed by atoms with van der Waals surface area (Å²) >= 11 is 0. The molecule has 5 heteroatoms. The first kappa shape index (κ1) is 20.7. The van der Waals surface area contributed by atoms with Crippen LogP contribution in [0.4, 0.5) is 0 Å². The van der Waals surface area contributed by atoms with Crippen molar-refractivity contribution in [3.8, 4) is 0 Å². The normalized spacial score (nSPS) is 18.1. The molecule has 146 valence electrons. The van der Waals surface area contributed by atoms with E-state index in [-0.39, 0.29) is 0 Å². The van der Waals surface area contributed by atoms with Gasteiger partial charge in [-0.3, -0.25) is 9.89 Å². The second-order valence-corrected chi connectivity index (χ2v) is 7.53. The number of hydrogen-bond donors (Lipinski definition) is 2. The van der Waals surface area contributed by atoms with E-state index >= 15 is 0 Å². The zero-order valence-corrected chi connectivity index (χ0v) is 17.0. The van der Waals surface area contributed by atoms with E-state index in [0.717, 1.165) is 58.2 Å². The van der Waals surface area contributed by atoms with Crippen molar-refractivity contribution in [3.63, 3.8) is 0 Å². The van der Waals surface area contributed by atoms with Crippen LogP contribution in [0.5, 0.6) is 0 Å². The zero-order valence-electron chi connectivity index (χ0n) is 17.0. The van der Waals surface area contributed by atoms with Crippen LogP contribution in [-0.4, -0.2) is 74.7 Å². The van der Waals surface area contributed by atoms with Crippen molar-refractivity contribution in [1.82, 2.24) is 20.4 Å². The van der Waals surface area contributed by atoms with Gasteiger partial charge in [0, 0.05) is 45.3 Å². The lowest BCUT2D eigenvalue weighted by Gasteiger charge is -2.39. The molecule has 2 N–H and O–H groups in total. The van der Waals surface area contributed by atoms with Gasteiger partial charge in [0.05, 0.1) is 6.54 Å².